The zero-order valence-corrected chi connectivity index (χ0v) is 19.4. The molecule has 0 aromatic rings. The third-order valence-corrected chi connectivity index (χ3v) is 7.03. The van der Waals surface area contributed by atoms with Gasteiger partial charge in [0.05, 0.1) is 0 Å². The summed E-state index contributed by atoms with van der Waals surface area (Å²) < 4.78 is 0. The van der Waals surface area contributed by atoms with Crippen molar-refractivity contribution in [3.05, 3.63) is 12.2 Å². The lowest BCUT2D eigenvalue weighted by Crippen LogP contribution is -2.07. The summed E-state index contributed by atoms with van der Waals surface area (Å²) in [7, 11) is 2.29. The van der Waals surface area contributed by atoms with Crippen LogP contribution in [0.15, 0.2) is 12.2 Å². The summed E-state index contributed by atoms with van der Waals surface area (Å²) in [6.45, 7) is 2.26. The van der Waals surface area contributed by atoms with Crippen LogP contribution in [0.1, 0.15) is 96.8 Å². The second-order valence-corrected chi connectivity index (χ2v) is 10.2. The van der Waals surface area contributed by atoms with Crippen molar-refractivity contribution in [2.24, 2.45) is 0 Å². The molecule has 0 aliphatic carbocycles. The number of aliphatic carboxylic acids is 1. The van der Waals surface area contributed by atoms with Crippen molar-refractivity contribution in [2.45, 2.75) is 96.8 Å². The third kappa shape index (κ3) is 24.4. The standard InChI is InChI=1S/C18H34O2.H6N3P3/c1-2-3-4-5-6-7-8-9-10-11-12-13-14-15-16-17-18(19)20;1-4-2-6-3-5-1/h9-10H,2-8,11-17H2,1H3,(H,19,20);1-6H/b10-9-;. The van der Waals surface area contributed by atoms with E-state index in [0.29, 0.717) is 6.42 Å². The van der Waals surface area contributed by atoms with Crippen LogP contribution in [0.3, 0.4) is 0 Å². The van der Waals surface area contributed by atoms with Gasteiger partial charge in [-0.15, -0.1) is 0 Å². The summed E-state index contributed by atoms with van der Waals surface area (Å²) in [5.74, 6) is -0.664. The largest absolute Gasteiger partial charge is 0.481 e. The predicted molar refractivity (Wildman–Crippen MR) is 121 cm³/mol. The highest BCUT2D eigenvalue weighted by Gasteiger charge is 1.95. The zero-order chi connectivity index (χ0) is 19.1. The van der Waals surface area contributed by atoms with E-state index in [0.717, 1.165) is 39.5 Å². The zero-order valence-electron chi connectivity index (χ0n) is 16.4. The second kappa shape index (κ2) is 23.4. The summed E-state index contributed by atoms with van der Waals surface area (Å²) in [5, 5.41) is 8.51. The van der Waals surface area contributed by atoms with E-state index in [9.17, 15) is 4.79 Å². The van der Waals surface area contributed by atoms with Gasteiger partial charge in [-0.05, 0) is 32.1 Å². The van der Waals surface area contributed by atoms with Crippen molar-refractivity contribution < 1.29 is 9.90 Å². The summed E-state index contributed by atoms with van der Waals surface area (Å²) in [6, 6.07) is 0. The highest BCUT2D eigenvalue weighted by molar-refractivity contribution is 7.65. The first-order valence-corrected chi connectivity index (χ1v) is 13.1. The van der Waals surface area contributed by atoms with Crippen LogP contribution in [0.25, 0.3) is 0 Å². The van der Waals surface area contributed by atoms with Crippen LogP contribution in [0.2, 0.25) is 0 Å². The lowest BCUT2D eigenvalue weighted by atomic mass is 10.1. The minimum atomic E-state index is -0.664. The molecule has 0 radical (unpaired) electrons. The number of unbranched alkanes of at least 4 members (excludes halogenated alkanes) is 11. The van der Waals surface area contributed by atoms with Crippen LogP contribution >= 0.6 is 26.6 Å². The number of allylic oxidation sites excluding steroid dienone is 2. The number of carboxylic acid groups (broad SMARTS) is 1. The van der Waals surface area contributed by atoms with Crippen molar-refractivity contribution in [1.29, 1.82) is 0 Å². The van der Waals surface area contributed by atoms with E-state index in [-0.39, 0.29) is 0 Å². The van der Waals surface area contributed by atoms with Crippen molar-refractivity contribution in [3.63, 3.8) is 0 Å². The molecule has 1 saturated heterocycles. The quantitative estimate of drug-likeness (QED) is 0.139. The molecule has 0 spiro atoms. The van der Waals surface area contributed by atoms with Gasteiger partial charge in [0.25, 0.3) is 0 Å². The van der Waals surface area contributed by atoms with Gasteiger partial charge in [-0.3, -0.25) is 19.4 Å². The molecule has 1 heterocycles. The van der Waals surface area contributed by atoms with Crippen molar-refractivity contribution in [1.82, 2.24) is 14.6 Å². The van der Waals surface area contributed by atoms with Crippen LogP contribution in [0.4, 0.5) is 0 Å². The van der Waals surface area contributed by atoms with Gasteiger partial charge in [0.2, 0.25) is 0 Å². The first kappa shape index (κ1) is 26.4. The fraction of sp³-hybridized carbons (Fsp3) is 0.833. The molecule has 0 saturated carbocycles. The van der Waals surface area contributed by atoms with Crippen LogP contribution in [0.5, 0.6) is 0 Å². The van der Waals surface area contributed by atoms with Gasteiger partial charge in [0, 0.05) is 33.1 Å². The topological polar surface area (TPSA) is 73.4 Å². The molecule has 0 bridgehead atoms. The van der Waals surface area contributed by atoms with E-state index >= 15 is 0 Å². The first-order valence-electron chi connectivity index (χ1n) is 10.1. The van der Waals surface area contributed by atoms with Crippen LogP contribution in [0, 0.1) is 0 Å². The molecule has 5 nitrogen and oxygen atoms in total. The van der Waals surface area contributed by atoms with Crippen LogP contribution < -0.4 is 14.6 Å². The molecule has 26 heavy (non-hydrogen) atoms. The van der Waals surface area contributed by atoms with E-state index in [1.807, 2.05) is 0 Å². The molecule has 0 aromatic heterocycles. The number of nitrogens with one attached hydrogen (secondary N) is 3. The first-order chi connectivity index (χ1) is 12.8. The molecule has 1 rings (SSSR count). The average Bonchev–Trinajstić information content (AvgIpc) is 2.66. The molecule has 1 fully saturated rings. The van der Waals surface area contributed by atoms with E-state index in [4.69, 9.17) is 5.11 Å². The van der Waals surface area contributed by atoms with Gasteiger partial charge >= 0.3 is 5.97 Å². The lowest BCUT2D eigenvalue weighted by Gasteiger charge is -2.12. The molecule has 4 N–H and O–H groups in total. The number of carbonyl (C=O) groups is 1. The molecule has 0 amide bonds. The lowest BCUT2D eigenvalue weighted by molar-refractivity contribution is -0.137. The molecule has 0 aromatic carbocycles. The summed E-state index contributed by atoms with van der Waals surface area (Å²) >= 11 is 0. The molecule has 1 aliphatic heterocycles. The Hall–Kier alpha value is 0.380. The maximum Gasteiger partial charge on any atom is 0.303 e. The van der Waals surface area contributed by atoms with Crippen molar-refractivity contribution in [2.75, 3.05) is 0 Å². The molecule has 1 aliphatic rings. The Balaban J connectivity index is 0.000000867. The van der Waals surface area contributed by atoms with E-state index in [2.05, 4.69) is 33.6 Å². The molecular formula is C18H40N3O2P3. The minimum Gasteiger partial charge on any atom is -0.481 e. The second-order valence-electron chi connectivity index (χ2n) is 6.48. The molecule has 154 valence electrons. The van der Waals surface area contributed by atoms with E-state index in [1.165, 1.54) is 70.6 Å². The average molecular weight is 423 g/mol. The SMILES string of the molecule is CCCCCCCC/C=C\CCCCCCCC(=O)O.N1PNPNP1. The van der Waals surface area contributed by atoms with Crippen molar-refractivity contribution in [3.8, 4) is 0 Å². The van der Waals surface area contributed by atoms with Crippen LogP contribution in [-0.4, -0.2) is 11.1 Å². The third-order valence-electron chi connectivity index (χ3n) is 4.03. The molecule has 0 atom stereocenters. The maximum absolute atomic E-state index is 10.3. The summed E-state index contributed by atoms with van der Waals surface area (Å²) in [4.78, 5) is 19.7. The van der Waals surface area contributed by atoms with Gasteiger partial charge in [0.15, 0.2) is 0 Å². The number of hydrogen-bond acceptors (Lipinski definition) is 4. The van der Waals surface area contributed by atoms with Gasteiger partial charge in [0.1, 0.15) is 0 Å². The monoisotopic (exact) mass is 423 g/mol. The molecule has 8 heteroatoms. The van der Waals surface area contributed by atoms with E-state index in [1.54, 1.807) is 0 Å². The van der Waals surface area contributed by atoms with Gasteiger partial charge in [-0.1, -0.05) is 70.4 Å². The fourth-order valence-corrected chi connectivity index (χ4v) is 5.72. The van der Waals surface area contributed by atoms with Crippen molar-refractivity contribution >= 4 is 32.6 Å². The summed E-state index contributed by atoms with van der Waals surface area (Å²) in [6.07, 6.45) is 21.2. The predicted octanol–water partition coefficient (Wildman–Crippen LogP) is 6.40. The normalized spacial score (nSPS) is 17.0. The number of carboxylic acids is 1. The molecule has 0 unspecified atom stereocenters. The Morgan fingerprint density at radius 3 is 1.58 bits per heavy atom. The molecular weight excluding hydrogens is 383 g/mol. The smallest absolute Gasteiger partial charge is 0.303 e. The number of rotatable bonds is 15. The summed E-state index contributed by atoms with van der Waals surface area (Å²) in [5.41, 5.74) is 0. The highest BCUT2D eigenvalue weighted by Crippen LogP contribution is 2.23. The van der Waals surface area contributed by atoms with Gasteiger partial charge in [-0.2, -0.15) is 0 Å². The van der Waals surface area contributed by atoms with Gasteiger partial charge in [-0.25, -0.2) is 0 Å². The maximum atomic E-state index is 10.3. The Kier molecular flexibility index (Phi) is 23.8. The Morgan fingerprint density at radius 1 is 0.731 bits per heavy atom. The Morgan fingerprint density at radius 2 is 1.15 bits per heavy atom. The Bertz CT molecular complexity index is 319. The van der Waals surface area contributed by atoms with E-state index < -0.39 is 5.97 Å². The highest BCUT2D eigenvalue weighted by atomic mass is 31.2. The number of hydrogen-bond donors (Lipinski definition) is 4. The minimum absolute atomic E-state index is 0.332. The van der Waals surface area contributed by atoms with Gasteiger partial charge < -0.3 is 5.11 Å². The fourth-order valence-electron chi connectivity index (χ4n) is 2.53. The van der Waals surface area contributed by atoms with Crippen LogP contribution in [-0.2, 0) is 4.79 Å². The Labute approximate surface area is 166 Å².